The third kappa shape index (κ3) is 5.36. The fraction of sp³-hybridized carbons (Fsp3) is 0.409. The predicted molar refractivity (Wildman–Crippen MR) is 117 cm³/mol. The van der Waals surface area contributed by atoms with Crippen molar-refractivity contribution >= 4 is 28.6 Å². The van der Waals surface area contributed by atoms with Gasteiger partial charge in [-0.2, -0.15) is 0 Å². The molecule has 3 aromatic rings. The zero-order valence-corrected chi connectivity index (χ0v) is 17.4. The van der Waals surface area contributed by atoms with Crippen molar-refractivity contribution in [1.82, 2.24) is 19.9 Å². The molecule has 0 aliphatic heterocycles. The number of pyridine rings is 2. The molecule has 3 heterocycles. The van der Waals surface area contributed by atoms with Gasteiger partial charge in [-0.1, -0.05) is 0 Å². The van der Waals surface area contributed by atoms with Crippen molar-refractivity contribution in [2.75, 3.05) is 24.3 Å². The van der Waals surface area contributed by atoms with E-state index in [0.29, 0.717) is 29.4 Å². The number of aromatic nitrogens is 4. The summed E-state index contributed by atoms with van der Waals surface area (Å²) >= 11 is 0. The van der Waals surface area contributed by atoms with Gasteiger partial charge in [-0.05, 0) is 49.8 Å². The monoisotopic (exact) mass is 422 g/mol. The molecule has 31 heavy (non-hydrogen) atoms. The van der Waals surface area contributed by atoms with Gasteiger partial charge in [-0.25, -0.2) is 19.9 Å². The fourth-order valence-electron chi connectivity index (χ4n) is 3.92. The summed E-state index contributed by atoms with van der Waals surface area (Å²) in [4.78, 5) is 28.1. The SMILES string of the molecule is COc1nccc2ccc(N[C@H]3CC[C@H](CNc4ncc(CC(=O)O)cn4)CC3)nc12. The van der Waals surface area contributed by atoms with E-state index in [9.17, 15) is 4.79 Å². The van der Waals surface area contributed by atoms with Gasteiger partial charge < -0.3 is 20.5 Å². The summed E-state index contributed by atoms with van der Waals surface area (Å²) in [5.41, 5.74) is 1.36. The van der Waals surface area contributed by atoms with Gasteiger partial charge in [0.1, 0.15) is 11.3 Å². The van der Waals surface area contributed by atoms with Gasteiger partial charge >= 0.3 is 5.97 Å². The third-order valence-electron chi connectivity index (χ3n) is 5.58. The molecule has 1 saturated carbocycles. The number of carboxylic acid groups (broad SMARTS) is 1. The van der Waals surface area contributed by atoms with Crippen LogP contribution in [0.5, 0.6) is 5.88 Å². The third-order valence-corrected chi connectivity index (χ3v) is 5.58. The number of hydrogen-bond donors (Lipinski definition) is 3. The molecule has 0 unspecified atom stereocenters. The first-order valence-corrected chi connectivity index (χ1v) is 10.4. The van der Waals surface area contributed by atoms with Crippen molar-refractivity contribution in [2.45, 2.75) is 38.1 Å². The van der Waals surface area contributed by atoms with Crippen molar-refractivity contribution in [3.05, 3.63) is 42.4 Å². The number of rotatable bonds is 8. The van der Waals surface area contributed by atoms with E-state index in [2.05, 4.69) is 25.6 Å². The highest BCUT2D eigenvalue weighted by Crippen LogP contribution is 2.28. The molecule has 0 radical (unpaired) electrons. The molecule has 4 rings (SSSR count). The van der Waals surface area contributed by atoms with Crippen LogP contribution in [0.2, 0.25) is 0 Å². The number of hydrogen-bond acceptors (Lipinski definition) is 8. The Labute approximate surface area is 180 Å². The molecule has 0 saturated heterocycles. The highest BCUT2D eigenvalue weighted by molar-refractivity contribution is 5.84. The molecule has 0 aromatic carbocycles. The normalized spacial score (nSPS) is 18.5. The van der Waals surface area contributed by atoms with Crippen LogP contribution < -0.4 is 15.4 Å². The van der Waals surface area contributed by atoms with Gasteiger partial charge in [0.05, 0.1) is 13.5 Å². The van der Waals surface area contributed by atoms with Gasteiger partial charge in [0.25, 0.3) is 0 Å². The van der Waals surface area contributed by atoms with E-state index in [-0.39, 0.29) is 6.42 Å². The van der Waals surface area contributed by atoms with Gasteiger partial charge in [-0.3, -0.25) is 4.79 Å². The van der Waals surface area contributed by atoms with Crippen molar-refractivity contribution in [3.63, 3.8) is 0 Å². The highest BCUT2D eigenvalue weighted by Gasteiger charge is 2.21. The lowest BCUT2D eigenvalue weighted by Crippen LogP contribution is -2.29. The van der Waals surface area contributed by atoms with Gasteiger partial charge in [0.15, 0.2) is 0 Å². The maximum Gasteiger partial charge on any atom is 0.307 e. The molecule has 0 spiro atoms. The smallest absolute Gasteiger partial charge is 0.307 e. The van der Waals surface area contributed by atoms with Gasteiger partial charge in [0, 0.05) is 42.1 Å². The topological polar surface area (TPSA) is 122 Å². The zero-order chi connectivity index (χ0) is 21.6. The minimum absolute atomic E-state index is 0.0628. The van der Waals surface area contributed by atoms with E-state index in [1.807, 2.05) is 18.2 Å². The second-order valence-electron chi connectivity index (χ2n) is 7.82. The zero-order valence-electron chi connectivity index (χ0n) is 17.4. The number of carbonyl (C=O) groups is 1. The van der Waals surface area contributed by atoms with Crippen LogP contribution in [0.25, 0.3) is 10.9 Å². The summed E-state index contributed by atoms with van der Waals surface area (Å²) in [6.07, 6.45) is 9.10. The Bertz CT molecular complexity index is 1040. The Kier molecular flexibility index (Phi) is 6.40. The summed E-state index contributed by atoms with van der Waals surface area (Å²) in [7, 11) is 1.61. The fourth-order valence-corrected chi connectivity index (χ4v) is 3.92. The molecule has 3 N–H and O–H groups in total. The summed E-state index contributed by atoms with van der Waals surface area (Å²) < 4.78 is 5.33. The number of anilines is 2. The Morgan fingerprint density at radius 1 is 1.13 bits per heavy atom. The molecule has 1 fully saturated rings. The molecule has 3 aromatic heterocycles. The van der Waals surface area contributed by atoms with E-state index < -0.39 is 5.97 Å². The molecule has 9 heteroatoms. The van der Waals surface area contributed by atoms with Crippen LogP contribution in [-0.2, 0) is 11.2 Å². The van der Waals surface area contributed by atoms with Gasteiger partial charge in [-0.15, -0.1) is 0 Å². The minimum atomic E-state index is -0.885. The minimum Gasteiger partial charge on any atom is -0.481 e. The maximum absolute atomic E-state index is 10.7. The second-order valence-corrected chi connectivity index (χ2v) is 7.82. The largest absolute Gasteiger partial charge is 0.481 e. The average molecular weight is 422 g/mol. The number of carboxylic acids is 1. The molecular formula is C22H26N6O3. The van der Waals surface area contributed by atoms with Crippen LogP contribution in [0.4, 0.5) is 11.8 Å². The van der Waals surface area contributed by atoms with Crippen molar-refractivity contribution < 1.29 is 14.6 Å². The van der Waals surface area contributed by atoms with Crippen molar-refractivity contribution in [2.24, 2.45) is 5.92 Å². The molecule has 0 amide bonds. The van der Waals surface area contributed by atoms with Crippen LogP contribution in [-0.4, -0.2) is 50.7 Å². The molecule has 162 valence electrons. The molecule has 1 aliphatic rings. The lowest BCUT2D eigenvalue weighted by atomic mass is 9.86. The quantitative estimate of drug-likeness (QED) is 0.502. The highest BCUT2D eigenvalue weighted by atomic mass is 16.5. The molecular weight excluding hydrogens is 396 g/mol. The van der Waals surface area contributed by atoms with Crippen LogP contribution >= 0.6 is 0 Å². The predicted octanol–water partition coefficient (Wildman–Crippen LogP) is 3.14. The number of fused-ring (bicyclic) bond motifs is 1. The van der Waals surface area contributed by atoms with E-state index in [4.69, 9.17) is 14.8 Å². The number of methoxy groups -OCH3 is 1. The number of nitrogens with zero attached hydrogens (tertiary/aromatic N) is 4. The molecule has 0 bridgehead atoms. The summed E-state index contributed by atoms with van der Waals surface area (Å²) in [6.45, 7) is 0.808. The van der Waals surface area contributed by atoms with E-state index in [1.165, 1.54) is 0 Å². The first-order chi connectivity index (χ1) is 15.1. The lowest BCUT2D eigenvalue weighted by molar-refractivity contribution is -0.136. The van der Waals surface area contributed by atoms with E-state index in [1.54, 1.807) is 25.7 Å². The lowest BCUT2D eigenvalue weighted by Gasteiger charge is -2.29. The number of aliphatic carboxylic acids is 1. The summed E-state index contributed by atoms with van der Waals surface area (Å²) in [6, 6.07) is 6.35. The first kappa shape index (κ1) is 20.8. The van der Waals surface area contributed by atoms with Crippen LogP contribution in [0.3, 0.4) is 0 Å². The Hall–Kier alpha value is -3.49. The Balaban J connectivity index is 1.26. The standard InChI is InChI=1S/C22H26N6O3/c1-31-21-20-16(8-9-23-21)4-7-18(28-20)27-17-5-2-14(3-6-17)11-24-22-25-12-15(13-26-22)10-19(29)30/h4,7-9,12-14,17H,2-3,5-6,10-11H2,1H3,(H,27,28)(H,29,30)(H,24,25,26)/t14-,17-. The van der Waals surface area contributed by atoms with Crippen molar-refractivity contribution in [1.29, 1.82) is 0 Å². The van der Waals surface area contributed by atoms with Crippen molar-refractivity contribution in [3.8, 4) is 5.88 Å². The first-order valence-electron chi connectivity index (χ1n) is 10.4. The van der Waals surface area contributed by atoms with Crippen LogP contribution in [0.1, 0.15) is 31.2 Å². The number of ether oxygens (including phenoxy) is 1. The maximum atomic E-state index is 10.7. The van der Waals surface area contributed by atoms with E-state index >= 15 is 0 Å². The van der Waals surface area contributed by atoms with Crippen LogP contribution in [0, 0.1) is 5.92 Å². The average Bonchev–Trinajstić information content (AvgIpc) is 2.79. The molecule has 0 atom stereocenters. The summed E-state index contributed by atoms with van der Waals surface area (Å²) in [5.74, 6) is 1.58. The Morgan fingerprint density at radius 3 is 2.61 bits per heavy atom. The number of nitrogens with one attached hydrogen (secondary N) is 2. The summed E-state index contributed by atoms with van der Waals surface area (Å²) in [5, 5.41) is 16.6. The van der Waals surface area contributed by atoms with Gasteiger partial charge in [0.2, 0.25) is 11.8 Å². The molecule has 1 aliphatic carbocycles. The Morgan fingerprint density at radius 2 is 1.90 bits per heavy atom. The van der Waals surface area contributed by atoms with Crippen LogP contribution in [0.15, 0.2) is 36.8 Å². The second kappa shape index (κ2) is 9.55. The molecule has 9 nitrogen and oxygen atoms in total. The van der Waals surface area contributed by atoms with E-state index in [0.717, 1.165) is 48.9 Å².